The maximum Gasteiger partial charge on any atom is 0.146 e. The summed E-state index contributed by atoms with van der Waals surface area (Å²) in [6.45, 7) is 4.06. The van der Waals surface area contributed by atoms with E-state index >= 15 is 0 Å². The number of hydrogen-bond acceptors (Lipinski definition) is 5. The second-order valence-corrected chi connectivity index (χ2v) is 8.81. The van der Waals surface area contributed by atoms with Gasteiger partial charge in [0, 0.05) is 29.1 Å². The van der Waals surface area contributed by atoms with Gasteiger partial charge in [-0.25, -0.2) is 9.97 Å². The van der Waals surface area contributed by atoms with Gasteiger partial charge in [-0.3, -0.25) is 0 Å². The molecule has 170 valence electrons. The monoisotopic (exact) mass is 468 g/mol. The SMILES string of the molecule is Cc1cc(Nc2ncnc3ccc(C#CC4CCCNC4)cc23)ccc1Oc1ccccc1Cl. The van der Waals surface area contributed by atoms with Gasteiger partial charge in [-0.05, 0) is 80.4 Å². The second kappa shape index (κ2) is 10.1. The van der Waals surface area contributed by atoms with Crippen LogP contribution in [0, 0.1) is 24.7 Å². The van der Waals surface area contributed by atoms with Crippen molar-refractivity contribution < 1.29 is 4.74 Å². The van der Waals surface area contributed by atoms with Gasteiger partial charge < -0.3 is 15.4 Å². The summed E-state index contributed by atoms with van der Waals surface area (Å²) in [7, 11) is 0. The van der Waals surface area contributed by atoms with Crippen molar-refractivity contribution in [3.8, 4) is 23.3 Å². The zero-order valence-corrected chi connectivity index (χ0v) is 19.7. The van der Waals surface area contributed by atoms with E-state index in [1.54, 1.807) is 6.33 Å². The normalized spacial score (nSPS) is 15.4. The van der Waals surface area contributed by atoms with Gasteiger partial charge >= 0.3 is 0 Å². The number of nitrogens with one attached hydrogen (secondary N) is 2. The van der Waals surface area contributed by atoms with Crippen molar-refractivity contribution in [3.63, 3.8) is 0 Å². The lowest BCUT2D eigenvalue weighted by Crippen LogP contribution is -2.28. The van der Waals surface area contributed by atoms with E-state index < -0.39 is 0 Å². The van der Waals surface area contributed by atoms with E-state index in [4.69, 9.17) is 16.3 Å². The summed E-state index contributed by atoms with van der Waals surface area (Å²) in [4.78, 5) is 8.92. The van der Waals surface area contributed by atoms with Crippen LogP contribution in [0.15, 0.2) is 67.0 Å². The van der Waals surface area contributed by atoms with E-state index in [1.807, 2.05) is 61.5 Å². The molecule has 2 heterocycles. The number of halogens is 1. The van der Waals surface area contributed by atoms with E-state index in [-0.39, 0.29) is 0 Å². The van der Waals surface area contributed by atoms with Gasteiger partial charge in [0.15, 0.2) is 0 Å². The highest BCUT2D eigenvalue weighted by Gasteiger charge is 2.11. The Hall–Kier alpha value is -3.59. The number of ether oxygens (including phenoxy) is 1. The van der Waals surface area contributed by atoms with E-state index in [2.05, 4.69) is 38.5 Å². The Morgan fingerprint density at radius 2 is 1.97 bits per heavy atom. The van der Waals surface area contributed by atoms with Gasteiger partial charge in [0.2, 0.25) is 0 Å². The molecule has 4 aromatic rings. The van der Waals surface area contributed by atoms with Crippen LogP contribution in [0.25, 0.3) is 10.9 Å². The molecule has 0 bridgehead atoms. The van der Waals surface area contributed by atoms with Crippen molar-refractivity contribution in [2.24, 2.45) is 5.92 Å². The van der Waals surface area contributed by atoms with Gasteiger partial charge in [0.25, 0.3) is 0 Å². The van der Waals surface area contributed by atoms with Crippen LogP contribution in [0.2, 0.25) is 5.02 Å². The van der Waals surface area contributed by atoms with Crippen LogP contribution < -0.4 is 15.4 Å². The van der Waals surface area contributed by atoms with Crippen LogP contribution in [0.1, 0.15) is 24.0 Å². The minimum absolute atomic E-state index is 0.406. The summed E-state index contributed by atoms with van der Waals surface area (Å²) in [5.74, 6) is 9.29. The molecule has 0 spiro atoms. The van der Waals surface area contributed by atoms with E-state index in [9.17, 15) is 0 Å². The second-order valence-electron chi connectivity index (χ2n) is 8.40. The number of rotatable bonds is 4. The fourth-order valence-electron chi connectivity index (χ4n) is 4.02. The van der Waals surface area contributed by atoms with Gasteiger partial charge in [0.05, 0.1) is 10.5 Å². The Morgan fingerprint density at radius 3 is 2.79 bits per heavy atom. The van der Waals surface area contributed by atoms with Crippen molar-refractivity contribution >= 4 is 34.0 Å². The summed E-state index contributed by atoms with van der Waals surface area (Å²) >= 11 is 6.24. The first kappa shape index (κ1) is 22.2. The molecule has 1 aromatic heterocycles. The third-order valence-corrected chi connectivity index (χ3v) is 6.16. The smallest absolute Gasteiger partial charge is 0.146 e. The minimum Gasteiger partial charge on any atom is -0.456 e. The molecular formula is C28H25ClN4O. The quantitative estimate of drug-likeness (QED) is 0.336. The molecule has 5 nitrogen and oxygen atoms in total. The zero-order chi connectivity index (χ0) is 23.3. The van der Waals surface area contributed by atoms with Crippen molar-refractivity contribution in [1.29, 1.82) is 0 Å². The molecule has 0 saturated carbocycles. The van der Waals surface area contributed by atoms with Crippen molar-refractivity contribution in [1.82, 2.24) is 15.3 Å². The summed E-state index contributed by atoms with van der Waals surface area (Å²) < 4.78 is 6.00. The summed E-state index contributed by atoms with van der Waals surface area (Å²) in [5, 5.41) is 8.36. The average Bonchev–Trinajstić information content (AvgIpc) is 2.86. The third kappa shape index (κ3) is 5.14. The standard InChI is InChI=1S/C28H25ClN4O/c1-19-15-22(11-13-26(19)34-27-7-3-2-6-24(27)29)33-28-23-16-20(10-12-25(23)31-18-32-28)8-9-21-5-4-14-30-17-21/h2-3,6-7,10-13,15-16,18,21,30H,4-5,14,17H2,1H3,(H,31,32,33). The molecule has 1 fully saturated rings. The predicted molar refractivity (Wildman–Crippen MR) is 138 cm³/mol. The molecule has 2 N–H and O–H groups in total. The van der Waals surface area contributed by atoms with Crippen molar-refractivity contribution in [2.45, 2.75) is 19.8 Å². The molecule has 5 rings (SSSR count). The van der Waals surface area contributed by atoms with Crippen LogP contribution in [0.5, 0.6) is 11.5 Å². The molecule has 0 amide bonds. The molecule has 0 radical (unpaired) electrons. The maximum atomic E-state index is 6.24. The van der Waals surface area contributed by atoms with Gasteiger partial charge in [-0.2, -0.15) is 0 Å². The van der Waals surface area contributed by atoms with Crippen LogP contribution in [0.4, 0.5) is 11.5 Å². The number of aryl methyl sites for hydroxylation is 1. The molecule has 1 aliphatic heterocycles. The Bertz CT molecular complexity index is 1390. The van der Waals surface area contributed by atoms with Gasteiger partial charge in [-0.1, -0.05) is 35.6 Å². The number of anilines is 2. The van der Waals surface area contributed by atoms with Crippen LogP contribution >= 0.6 is 11.6 Å². The Kier molecular flexibility index (Phi) is 6.62. The lowest BCUT2D eigenvalue weighted by Gasteiger charge is -2.17. The first-order valence-corrected chi connectivity index (χ1v) is 11.8. The topological polar surface area (TPSA) is 59.1 Å². The first-order chi connectivity index (χ1) is 16.7. The molecule has 1 unspecified atom stereocenters. The molecule has 3 aromatic carbocycles. The number of hydrogen-bond donors (Lipinski definition) is 2. The Balaban J connectivity index is 1.38. The summed E-state index contributed by atoms with van der Waals surface area (Å²) in [5.41, 5.74) is 3.73. The van der Waals surface area contributed by atoms with Gasteiger partial charge in [0.1, 0.15) is 23.6 Å². The number of aromatic nitrogens is 2. The number of para-hydroxylation sites is 1. The molecule has 1 aliphatic rings. The first-order valence-electron chi connectivity index (χ1n) is 11.4. The highest BCUT2D eigenvalue weighted by molar-refractivity contribution is 6.32. The molecule has 6 heteroatoms. The lowest BCUT2D eigenvalue weighted by atomic mass is 10.00. The van der Waals surface area contributed by atoms with E-state index in [0.717, 1.165) is 58.8 Å². The largest absolute Gasteiger partial charge is 0.456 e. The lowest BCUT2D eigenvalue weighted by molar-refractivity contribution is 0.449. The third-order valence-electron chi connectivity index (χ3n) is 5.85. The molecule has 34 heavy (non-hydrogen) atoms. The van der Waals surface area contributed by atoms with E-state index in [0.29, 0.717) is 16.7 Å². The summed E-state index contributed by atoms with van der Waals surface area (Å²) in [6, 6.07) is 19.4. The number of fused-ring (bicyclic) bond motifs is 1. The summed E-state index contributed by atoms with van der Waals surface area (Å²) in [6.07, 6.45) is 3.91. The fraction of sp³-hybridized carbons (Fsp3) is 0.214. The number of nitrogens with zero attached hydrogens (tertiary/aromatic N) is 2. The molecule has 1 saturated heterocycles. The fourth-order valence-corrected chi connectivity index (χ4v) is 4.19. The van der Waals surface area contributed by atoms with Crippen LogP contribution in [-0.2, 0) is 0 Å². The van der Waals surface area contributed by atoms with Crippen molar-refractivity contribution in [2.75, 3.05) is 18.4 Å². The van der Waals surface area contributed by atoms with Gasteiger partial charge in [-0.15, -0.1) is 0 Å². The van der Waals surface area contributed by atoms with Crippen LogP contribution in [0.3, 0.4) is 0 Å². The molecule has 0 aliphatic carbocycles. The highest BCUT2D eigenvalue weighted by Crippen LogP contribution is 2.33. The number of piperidine rings is 1. The number of benzene rings is 3. The van der Waals surface area contributed by atoms with Crippen molar-refractivity contribution in [3.05, 3.63) is 83.1 Å². The Labute approximate surface area is 204 Å². The highest BCUT2D eigenvalue weighted by atomic mass is 35.5. The van der Waals surface area contributed by atoms with E-state index in [1.165, 1.54) is 6.42 Å². The Morgan fingerprint density at radius 1 is 1.06 bits per heavy atom. The average molecular weight is 469 g/mol. The van der Waals surface area contributed by atoms with Crippen LogP contribution in [-0.4, -0.2) is 23.1 Å². The zero-order valence-electron chi connectivity index (χ0n) is 18.9. The molecule has 1 atom stereocenters. The maximum absolute atomic E-state index is 6.24. The molecular weight excluding hydrogens is 444 g/mol. The minimum atomic E-state index is 0.406. The predicted octanol–water partition coefficient (Wildman–Crippen LogP) is 6.48.